The van der Waals surface area contributed by atoms with Crippen molar-refractivity contribution >= 4 is 5.97 Å². The molecule has 0 radical (unpaired) electrons. The second-order valence-corrected chi connectivity index (χ2v) is 4.74. The summed E-state index contributed by atoms with van der Waals surface area (Å²) < 4.78 is 5.54. The fourth-order valence-corrected chi connectivity index (χ4v) is 1.54. The van der Waals surface area contributed by atoms with Crippen LogP contribution in [0.4, 0.5) is 0 Å². The second kappa shape index (κ2) is 6.28. The van der Waals surface area contributed by atoms with Gasteiger partial charge >= 0.3 is 5.97 Å². The summed E-state index contributed by atoms with van der Waals surface area (Å²) in [6, 6.07) is 7.95. The van der Waals surface area contributed by atoms with Crippen molar-refractivity contribution in [3.05, 3.63) is 29.8 Å². The molecule has 0 aromatic heterocycles. The Labute approximate surface area is 102 Å². The van der Waals surface area contributed by atoms with Crippen LogP contribution in [0.25, 0.3) is 0 Å². The molecule has 1 aromatic carbocycles. The monoisotopic (exact) mass is 236 g/mol. The summed E-state index contributed by atoms with van der Waals surface area (Å²) in [6.07, 6.45) is 0.143. The molecule has 1 N–H and O–H groups in total. The first kappa shape index (κ1) is 13.6. The summed E-state index contributed by atoms with van der Waals surface area (Å²) in [4.78, 5) is 10.5. The average molecular weight is 236 g/mol. The van der Waals surface area contributed by atoms with Crippen LogP contribution in [-0.4, -0.2) is 17.7 Å². The maximum atomic E-state index is 10.5. The molecule has 0 fully saturated rings. The number of rotatable bonds is 6. The minimum absolute atomic E-state index is 0.0253. The van der Waals surface area contributed by atoms with E-state index < -0.39 is 5.97 Å². The van der Waals surface area contributed by atoms with Crippen LogP contribution in [-0.2, 0) is 4.79 Å². The van der Waals surface area contributed by atoms with Gasteiger partial charge in [0.05, 0.1) is 13.0 Å². The highest BCUT2D eigenvalue weighted by Crippen LogP contribution is 2.19. The van der Waals surface area contributed by atoms with Gasteiger partial charge in [-0.1, -0.05) is 32.9 Å². The molecule has 1 rings (SSSR count). The zero-order valence-electron chi connectivity index (χ0n) is 10.6. The van der Waals surface area contributed by atoms with Gasteiger partial charge in [-0.05, 0) is 23.6 Å². The molecule has 0 aliphatic carbocycles. The van der Waals surface area contributed by atoms with Crippen molar-refractivity contribution < 1.29 is 14.6 Å². The van der Waals surface area contributed by atoms with Crippen molar-refractivity contribution in [3.8, 4) is 5.75 Å². The first-order valence-electron chi connectivity index (χ1n) is 5.93. The first-order valence-corrected chi connectivity index (χ1v) is 5.93. The molecule has 0 aliphatic rings. The molecule has 0 saturated carbocycles. The van der Waals surface area contributed by atoms with E-state index in [-0.39, 0.29) is 12.3 Å². The number of carboxylic acid groups (broad SMARTS) is 1. The third-order valence-corrected chi connectivity index (χ3v) is 2.60. The maximum Gasteiger partial charge on any atom is 0.303 e. The van der Waals surface area contributed by atoms with Gasteiger partial charge in [0.2, 0.25) is 0 Å². The van der Waals surface area contributed by atoms with Crippen LogP contribution < -0.4 is 4.74 Å². The van der Waals surface area contributed by atoms with Crippen LogP contribution in [0, 0.1) is 5.92 Å². The van der Waals surface area contributed by atoms with Gasteiger partial charge in [0.1, 0.15) is 5.75 Å². The molecule has 0 bridgehead atoms. The Morgan fingerprint density at radius 2 is 1.82 bits per heavy atom. The highest BCUT2D eigenvalue weighted by molar-refractivity contribution is 5.66. The molecule has 0 saturated heterocycles. The van der Waals surface area contributed by atoms with Gasteiger partial charge in [-0.3, -0.25) is 4.79 Å². The Balaban J connectivity index is 2.44. The van der Waals surface area contributed by atoms with Crippen molar-refractivity contribution in [1.82, 2.24) is 0 Å². The van der Waals surface area contributed by atoms with Crippen molar-refractivity contribution in [3.63, 3.8) is 0 Å². The van der Waals surface area contributed by atoms with E-state index in [4.69, 9.17) is 9.84 Å². The van der Waals surface area contributed by atoms with Crippen LogP contribution in [0.2, 0.25) is 0 Å². The third-order valence-electron chi connectivity index (χ3n) is 2.60. The molecule has 94 valence electrons. The summed E-state index contributed by atoms with van der Waals surface area (Å²) in [6.45, 7) is 6.60. The Bertz CT molecular complexity index is 354. The van der Waals surface area contributed by atoms with E-state index >= 15 is 0 Å². The molecular weight excluding hydrogens is 216 g/mol. The van der Waals surface area contributed by atoms with E-state index in [1.54, 1.807) is 0 Å². The van der Waals surface area contributed by atoms with Gasteiger partial charge in [-0.25, -0.2) is 0 Å². The van der Waals surface area contributed by atoms with Crippen LogP contribution >= 0.6 is 0 Å². The Morgan fingerprint density at radius 1 is 1.24 bits per heavy atom. The van der Waals surface area contributed by atoms with E-state index in [2.05, 4.69) is 13.8 Å². The predicted octanol–water partition coefficient (Wildman–Crippen LogP) is 3.30. The molecule has 17 heavy (non-hydrogen) atoms. The normalized spacial score (nSPS) is 12.5. The largest absolute Gasteiger partial charge is 0.493 e. The highest BCUT2D eigenvalue weighted by Gasteiger charge is 2.08. The zero-order chi connectivity index (χ0) is 12.8. The lowest BCUT2D eigenvalue weighted by Gasteiger charge is -2.12. The van der Waals surface area contributed by atoms with Crippen molar-refractivity contribution in [2.24, 2.45) is 5.92 Å². The summed E-state index contributed by atoms with van der Waals surface area (Å²) in [5.41, 5.74) is 1.27. The number of aliphatic carboxylic acids is 1. The topological polar surface area (TPSA) is 46.5 Å². The van der Waals surface area contributed by atoms with E-state index in [1.165, 1.54) is 5.56 Å². The molecule has 0 amide bonds. The van der Waals surface area contributed by atoms with Gasteiger partial charge in [-0.15, -0.1) is 0 Å². The lowest BCUT2D eigenvalue weighted by molar-refractivity contribution is -0.138. The second-order valence-electron chi connectivity index (χ2n) is 4.74. The average Bonchev–Trinajstić information content (AvgIpc) is 2.26. The van der Waals surface area contributed by atoms with Crippen LogP contribution in [0.1, 0.15) is 38.7 Å². The number of benzene rings is 1. The standard InChI is InChI=1S/C14H20O3/c1-10(2)12-4-6-13(7-5-12)17-9-11(3)8-14(15)16/h4-7,10-11H,8-9H2,1-3H3,(H,15,16). The Hall–Kier alpha value is -1.51. The molecule has 3 nitrogen and oxygen atoms in total. The van der Waals surface area contributed by atoms with Gasteiger partial charge in [-0.2, -0.15) is 0 Å². The van der Waals surface area contributed by atoms with Crippen LogP contribution in [0.15, 0.2) is 24.3 Å². The molecule has 0 heterocycles. The summed E-state index contributed by atoms with van der Waals surface area (Å²) >= 11 is 0. The van der Waals surface area contributed by atoms with Gasteiger partial charge in [0.25, 0.3) is 0 Å². The van der Waals surface area contributed by atoms with E-state index in [1.807, 2.05) is 31.2 Å². The van der Waals surface area contributed by atoms with E-state index in [0.717, 1.165) is 5.75 Å². The fraction of sp³-hybridized carbons (Fsp3) is 0.500. The SMILES string of the molecule is CC(COc1ccc(C(C)C)cc1)CC(=O)O. The summed E-state index contributed by atoms with van der Waals surface area (Å²) in [7, 11) is 0. The maximum absolute atomic E-state index is 10.5. The zero-order valence-corrected chi connectivity index (χ0v) is 10.6. The number of ether oxygens (including phenoxy) is 1. The quantitative estimate of drug-likeness (QED) is 0.824. The molecule has 3 heteroatoms. The predicted molar refractivity (Wildman–Crippen MR) is 67.4 cm³/mol. The van der Waals surface area contributed by atoms with E-state index in [0.29, 0.717) is 12.5 Å². The van der Waals surface area contributed by atoms with E-state index in [9.17, 15) is 4.79 Å². The Morgan fingerprint density at radius 3 is 2.29 bits per heavy atom. The lowest BCUT2D eigenvalue weighted by atomic mass is 10.0. The smallest absolute Gasteiger partial charge is 0.303 e. The molecule has 1 unspecified atom stereocenters. The highest BCUT2D eigenvalue weighted by atomic mass is 16.5. The van der Waals surface area contributed by atoms with Crippen LogP contribution in [0.3, 0.4) is 0 Å². The third kappa shape index (κ3) is 4.89. The molecule has 0 aliphatic heterocycles. The summed E-state index contributed by atoms with van der Waals surface area (Å²) in [5, 5.41) is 8.62. The molecule has 1 atom stereocenters. The summed E-state index contributed by atoms with van der Waals surface area (Å²) in [5.74, 6) is 0.551. The Kier molecular flexibility index (Phi) is 5.01. The first-order chi connectivity index (χ1) is 7.99. The van der Waals surface area contributed by atoms with Gasteiger partial charge in [0, 0.05) is 5.92 Å². The number of carbonyl (C=O) groups is 1. The van der Waals surface area contributed by atoms with Gasteiger partial charge < -0.3 is 9.84 Å². The molecule has 1 aromatic rings. The number of hydrogen-bond acceptors (Lipinski definition) is 2. The van der Waals surface area contributed by atoms with Gasteiger partial charge in [0.15, 0.2) is 0 Å². The number of hydrogen-bond donors (Lipinski definition) is 1. The van der Waals surface area contributed by atoms with Crippen molar-refractivity contribution in [1.29, 1.82) is 0 Å². The number of carboxylic acids is 1. The van der Waals surface area contributed by atoms with Crippen molar-refractivity contribution in [2.45, 2.75) is 33.1 Å². The fourth-order valence-electron chi connectivity index (χ4n) is 1.54. The molecular formula is C14H20O3. The minimum Gasteiger partial charge on any atom is -0.493 e. The lowest BCUT2D eigenvalue weighted by Crippen LogP contribution is -2.12. The molecule has 0 spiro atoms. The minimum atomic E-state index is -0.781. The van der Waals surface area contributed by atoms with Crippen LogP contribution in [0.5, 0.6) is 5.75 Å². The van der Waals surface area contributed by atoms with Crippen molar-refractivity contribution in [2.75, 3.05) is 6.61 Å².